The molecule has 1 aromatic heterocycles. The number of carbonyl (C=O) groups is 1. The van der Waals surface area contributed by atoms with Crippen molar-refractivity contribution in [2.45, 2.75) is 38.7 Å². The third kappa shape index (κ3) is 4.42. The summed E-state index contributed by atoms with van der Waals surface area (Å²) in [5, 5.41) is 12.7. The van der Waals surface area contributed by atoms with E-state index in [1.165, 1.54) is 17.8 Å². The molecular weight excluding hydrogens is 334 g/mol. The van der Waals surface area contributed by atoms with Crippen LogP contribution in [-0.2, 0) is 11.4 Å². The highest BCUT2D eigenvalue weighted by Gasteiger charge is 2.22. The SMILES string of the molecule is O=C(Nc1nnc(COc2ccccc2Cl)s1)C1CCCCC1. The second-order valence-electron chi connectivity index (χ2n) is 5.54. The molecule has 23 heavy (non-hydrogen) atoms. The molecule has 1 saturated carbocycles. The summed E-state index contributed by atoms with van der Waals surface area (Å²) in [6.45, 7) is 0.278. The zero-order valence-electron chi connectivity index (χ0n) is 12.6. The Hall–Kier alpha value is -1.66. The fraction of sp³-hybridized carbons (Fsp3) is 0.438. The van der Waals surface area contributed by atoms with Crippen LogP contribution >= 0.6 is 22.9 Å². The van der Waals surface area contributed by atoms with Crippen molar-refractivity contribution in [1.82, 2.24) is 10.2 Å². The van der Waals surface area contributed by atoms with Crippen LogP contribution in [-0.4, -0.2) is 16.1 Å². The number of carbonyl (C=O) groups excluding carboxylic acids is 1. The van der Waals surface area contributed by atoms with Crippen molar-refractivity contribution >= 4 is 34.0 Å². The summed E-state index contributed by atoms with van der Waals surface area (Å²) in [5.74, 6) is 0.770. The van der Waals surface area contributed by atoms with Gasteiger partial charge in [0.05, 0.1) is 5.02 Å². The maximum absolute atomic E-state index is 12.2. The molecule has 0 atom stereocenters. The molecule has 122 valence electrons. The standard InChI is InChI=1S/C16H18ClN3O2S/c17-12-8-4-5-9-13(12)22-10-14-19-20-16(23-14)18-15(21)11-6-2-1-3-7-11/h4-5,8-9,11H,1-3,6-7,10H2,(H,18,20,21). The van der Waals surface area contributed by atoms with E-state index in [0.717, 1.165) is 25.7 Å². The number of nitrogens with one attached hydrogen (secondary N) is 1. The van der Waals surface area contributed by atoms with Crippen molar-refractivity contribution in [1.29, 1.82) is 0 Å². The van der Waals surface area contributed by atoms with Gasteiger partial charge in [-0.15, -0.1) is 10.2 Å². The van der Waals surface area contributed by atoms with Gasteiger partial charge in [0.15, 0.2) is 5.01 Å². The molecule has 0 aliphatic heterocycles. The number of rotatable bonds is 5. The Balaban J connectivity index is 1.53. The van der Waals surface area contributed by atoms with E-state index in [-0.39, 0.29) is 18.4 Å². The van der Waals surface area contributed by atoms with E-state index in [9.17, 15) is 4.79 Å². The van der Waals surface area contributed by atoms with Crippen molar-refractivity contribution in [3.05, 3.63) is 34.3 Å². The molecular formula is C16H18ClN3O2S. The van der Waals surface area contributed by atoms with Crippen molar-refractivity contribution in [2.75, 3.05) is 5.32 Å². The molecule has 1 aromatic carbocycles. The molecule has 0 bridgehead atoms. The van der Waals surface area contributed by atoms with E-state index in [2.05, 4.69) is 15.5 Å². The van der Waals surface area contributed by atoms with Crippen LogP contribution in [0.2, 0.25) is 5.02 Å². The first-order valence-corrected chi connectivity index (χ1v) is 8.92. The van der Waals surface area contributed by atoms with Crippen molar-refractivity contribution in [3.63, 3.8) is 0 Å². The Morgan fingerprint density at radius 1 is 1.26 bits per heavy atom. The van der Waals surface area contributed by atoms with Crippen molar-refractivity contribution < 1.29 is 9.53 Å². The molecule has 0 saturated heterocycles. The third-order valence-corrected chi connectivity index (χ3v) is 4.99. The molecule has 1 amide bonds. The van der Waals surface area contributed by atoms with Gasteiger partial charge in [-0.2, -0.15) is 0 Å². The van der Waals surface area contributed by atoms with Crippen molar-refractivity contribution in [2.24, 2.45) is 5.92 Å². The molecule has 1 heterocycles. The maximum atomic E-state index is 12.2. The smallest absolute Gasteiger partial charge is 0.229 e. The van der Waals surface area contributed by atoms with Gasteiger partial charge in [0.25, 0.3) is 0 Å². The summed E-state index contributed by atoms with van der Waals surface area (Å²) >= 11 is 7.36. The van der Waals surface area contributed by atoms with Gasteiger partial charge in [0.2, 0.25) is 11.0 Å². The van der Waals surface area contributed by atoms with E-state index < -0.39 is 0 Å². The van der Waals surface area contributed by atoms with E-state index in [4.69, 9.17) is 16.3 Å². The van der Waals surface area contributed by atoms with Crippen LogP contribution in [0, 0.1) is 5.92 Å². The summed E-state index contributed by atoms with van der Waals surface area (Å²) in [6, 6.07) is 7.28. The lowest BCUT2D eigenvalue weighted by Crippen LogP contribution is -2.24. The quantitative estimate of drug-likeness (QED) is 0.872. The van der Waals surface area contributed by atoms with Crippen LogP contribution in [0.3, 0.4) is 0 Å². The molecule has 3 rings (SSSR count). The van der Waals surface area contributed by atoms with Gasteiger partial charge in [0.1, 0.15) is 12.4 Å². The van der Waals surface area contributed by atoms with Gasteiger partial charge in [-0.3, -0.25) is 4.79 Å². The fourth-order valence-electron chi connectivity index (χ4n) is 2.64. The highest BCUT2D eigenvalue weighted by molar-refractivity contribution is 7.15. The van der Waals surface area contributed by atoms with Gasteiger partial charge in [-0.05, 0) is 25.0 Å². The highest BCUT2D eigenvalue weighted by Crippen LogP contribution is 2.27. The predicted molar refractivity (Wildman–Crippen MR) is 90.9 cm³/mol. The minimum atomic E-state index is 0.0550. The molecule has 7 heteroatoms. The number of hydrogen-bond donors (Lipinski definition) is 1. The Morgan fingerprint density at radius 2 is 2.04 bits per heavy atom. The lowest BCUT2D eigenvalue weighted by Gasteiger charge is -2.19. The summed E-state index contributed by atoms with van der Waals surface area (Å²) < 4.78 is 5.62. The second-order valence-corrected chi connectivity index (χ2v) is 7.01. The first-order valence-electron chi connectivity index (χ1n) is 7.73. The van der Waals surface area contributed by atoms with E-state index in [1.807, 2.05) is 12.1 Å². The number of amides is 1. The number of anilines is 1. The largest absolute Gasteiger partial charge is 0.485 e. The van der Waals surface area contributed by atoms with Crippen LogP contribution in [0.4, 0.5) is 5.13 Å². The molecule has 2 aromatic rings. The summed E-state index contributed by atoms with van der Waals surface area (Å²) in [6.07, 6.45) is 5.42. The Kier molecular flexibility index (Phi) is 5.46. The molecule has 1 aliphatic carbocycles. The van der Waals surface area contributed by atoms with Crippen LogP contribution in [0.5, 0.6) is 5.75 Å². The van der Waals surface area contributed by atoms with Gasteiger partial charge < -0.3 is 10.1 Å². The summed E-state index contributed by atoms with van der Waals surface area (Å²) in [4.78, 5) is 12.2. The summed E-state index contributed by atoms with van der Waals surface area (Å²) in [5.41, 5.74) is 0. The van der Waals surface area contributed by atoms with Crippen LogP contribution in [0.25, 0.3) is 0 Å². The van der Waals surface area contributed by atoms with Crippen LogP contribution in [0.1, 0.15) is 37.1 Å². The number of benzene rings is 1. The van der Waals surface area contributed by atoms with Crippen LogP contribution in [0.15, 0.2) is 24.3 Å². The maximum Gasteiger partial charge on any atom is 0.229 e. The van der Waals surface area contributed by atoms with Gasteiger partial charge in [0, 0.05) is 5.92 Å². The lowest BCUT2D eigenvalue weighted by atomic mass is 9.89. The predicted octanol–water partition coefficient (Wildman–Crippen LogP) is 4.29. The molecule has 1 aliphatic rings. The highest BCUT2D eigenvalue weighted by atomic mass is 35.5. The molecule has 5 nitrogen and oxygen atoms in total. The zero-order valence-corrected chi connectivity index (χ0v) is 14.2. The van der Waals surface area contributed by atoms with Crippen molar-refractivity contribution in [3.8, 4) is 5.75 Å². The number of aromatic nitrogens is 2. The average Bonchev–Trinajstić information content (AvgIpc) is 3.02. The van der Waals surface area contributed by atoms with E-state index >= 15 is 0 Å². The van der Waals surface area contributed by atoms with Gasteiger partial charge in [-0.25, -0.2) is 0 Å². The van der Waals surface area contributed by atoms with Crippen LogP contribution < -0.4 is 10.1 Å². The van der Waals surface area contributed by atoms with E-state index in [1.54, 1.807) is 12.1 Å². The zero-order chi connectivity index (χ0) is 16.1. The lowest BCUT2D eigenvalue weighted by molar-refractivity contribution is -0.120. The number of para-hydroxylation sites is 1. The first-order chi connectivity index (χ1) is 11.2. The fourth-order valence-corrected chi connectivity index (χ4v) is 3.48. The number of nitrogens with zero attached hydrogens (tertiary/aromatic N) is 2. The third-order valence-electron chi connectivity index (χ3n) is 3.86. The molecule has 1 fully saturated rings. The average molecular weight is 352 g/mol. The Labute approximate surface area is 144 Å². The molecule has 0 spiro atoms. The minimum Gasteiger partial charge on any atom is -0.485 e. The normalized spacial score (nSPS) is 15.3. The molecule has 1 N–H and O–H groups in total. The Morgan fingerprint density at radius 3 is 2.83 bits per heavy atom. The first kappa shape index (κ1) is 16.2. The second kappa shape index (κ2) is 7.75. The Bertz CT molecular complexity index is 671. The molecule has 0 radical (unpaired) electrons. The van der Waals surface area contributed by atoms with Gasteiger partial charge >= 0.3 is 0 Å². The number of halogens is 1. The topological polar surface area (TPSA) is 64.1 Å². The minimum absolute atomic E-state index is 0.0550. The monoisotopic (exact) mass is 351 g/mol. The van der Waals surface area contributed by atoms with E-state index in [0.29, 0.717) is 20.9 Å². The summed E-state index contributed by atoms with van der Waals surface area (Å²) in [7, 11) is 0. The number of ether oxygens (including phenoxy) is 1. The van der Waals surface area contributed by atoms with Gasteiger partial charge in [-0.1, -0.05) is 54.3 Å². The molecule has 0 unspecified atom stereocenters. The number of hydrogen-bond acceptors (Lipinski definition) is 5.